The molecular weight excluding hydrogens is 539 g/mol. The molecule has 1 unspecified atom stereocenters. The number of nitrogens with one attached hydrogen (secondary N) is 1. The van der Waals surface area contributed by atoms with Gasteiger partial charge in [0.15, 0.2) is 6.04 Å². The van der Waals surface area contributed by atoms with E-state index in [1.807, 2.05) is 45.0 Å². The van der Waals surface area contributed by atoms with Gasteiger partial charge in [-0.2, -0.15) is 0 Å². The van der Waals surface area contributed by atoms with Crippen molar-refractivity contribution in [1.29, 1.82) is 0 Å². The lowest BCUT2D eigenvalue weighted by Gasteiger charge is -2.26. The summed E-state index contributed by atoms with van der Waals surface area (Å²) in [5.74, 6) is -0.714. The summed E-state index contributed by atoms with van der Waals surface area (Å²) in [7, 11) is 3.73. The molecule has 1 N–H and O–H groups in total. The molecule has 3 aromatic rings. The lowest BCUT2D eigenvalue weighted by atomic mass is 10.1. The molecule has 1 aliphatic rings. The third-order valence-corrected chi connectivity index (χ3v) is 7.00. The predicted octanol–water partition coefficient (Wildman–Crippen LogP) is 6.27. The molecule has 1 aliphatic heterocycles. The van der Waals surface area contributed by atoms with E-state index < -0.39 is 23.9 Å². The van der Waals surface area contributed by atoms with Gasteiger partial charge >= 0.3 is 6.09 Å². The Morgan fingerprint density at radius 3 is 2.26 bits per heavy atom. The summed E-state index contributed by atoms with van der Waals surface area (Å²) >= 11 is 12.8. The second-order valence-corrected chi connectivity index (χ2v) is 10.6. The van der Waals surface area contributed by atoms with E-state index in [1.165, 1.54) is 9.80 Å². The van der Waals surface area contributed by atoms with Crippen molar-refractivity contribution in [3.63, 3.8) is 0 Å². The van der Waals surface area contributed by atoms with Crippen molar-refractivity contribution in [2.24, 2.45) is 5.92 Å². The molecule has 0 aliphatic carbocycles. The van der Waals surface area contributed by atoms with Crippen LogP contribution in [0.25, 0.3) is 0 Å². The number of carbonyl (C=O) groups is 3. The fraction of sp³-hybridized carbons (Fsp3) is 0.276. The highest BCUT2D eigenvalue weighted by molar-refractivity contribution is 6.43. The summed E-state index contributed by atoms with van der Waals surface area (Å²) in [6.07, 6.45) is -0.282. The number of nitrogens with zero attached hydrogens (tertiary/aromatic N) is 3. The van der Waals surface area contributed by atoms with E-state index in [9.17, 15) is 14.4 Å². The Bertz CT molecular complexity index is 1380. The quantitative estimate of drug-likeness (QED) is 0.339. The van der Waals surface area contributed by atoms with Crippen LogP contribution in [0.4, 0.5) is 27.5 Å². The van der Waals surface area contributed by atoms with Gasteiger partial charge in [-0.25, -0.2) is 4.79 Å². The maximum Gasteiger partial charge on any atom is 0.413 e. The topological polar surface area (TPSA) is 82.2 Å². The molecule has 0 saturated heterocycles. The maximum absolute atomic E-state index is 14.1. The zero-order valence-electron chi connectivity index (χ0n) is 22.2. The highest BCUT2D eigenvalue weighted by Gasteiger charge is 2.42. The normalized spacial score (nSPS) is 15.2. The molecule has 39 heavy (non-hydrogen) atoms. The zero-order valence-corrected chi connectivity index (χ0v) is 23.7. The van der Waals surface area contributed by atoms with Gasteiger partial charge in [-0.1, -0.05) is 61.3 Å². The monoisotopic (exact) mass is 568 g/mol. The molecule has 1 heterocycles. The van der Waals surface area contributed by atoms with Gasteiger partial charge in [0.25, 0.3) is 11.8 Å². The number of carbonyl (C=O) groups excluding carboxylic acids is 3. The largest absolute Gasteiger partial charge is 0.413 e. The molecule has 8 nitrogen and oxygen atoms in total. The number of benzene rings is 3. The van der Waals surface area contributed by atoms with Crippen molar-refractivity contribution in [1.82, 2.24) is 5.32 Å². The van der Waals surface area contributed by atoms with Gasteiger partial charge in [-0.15, -0.1) is 0 Å². The van der Waals surface area contributed by atoms with E-state index in [1.54, 1.807) is 54.6 Å². The van der Waals surface area contributed by atoms with Gasteiger partial charge in [0, 0.05) is 38.1 Å². The molecule has 10 heteroatoms. The van der Waals surface area contributed by atoms with Crippen LogP contribution in [0.3, 0.4) is 0 Å². The summed E-state index contributed by atoms with van der Waals surface area (Å²) in [4.78, 5) is 45.8. The van der Waals surface area contributed by atoms with E-state index in [-0.39, 0.29) is 21.7 Å². The Morgan fingerprint density at radius 1 is 0.949 bits per heavy atom. The van der Waals surface area contributed by atoms with Crippen LogP contribution in [-0.2, 0) is 9.59 Å². The fourth-order valence-electron chi connectivity index (χ4n) is 4.21. The van der Waals surface area contributed by atoms with E-state index in [0.717, 1.165) is 5.69 Å². The zero-order chi connectivity index (χ0) is 28.3. The van der Waals surface area contributed by atoms with Crippen molar-refractivity contribution in [3.05, 3.63) is 76.8 Å². The first kappa shape index (κ1) is 28.3. The van der Waals surface area contributed by atoms with E-state index in [2.05, 4.69) is 5.32 Å². The van der Waals surface area contributed by atoms with Crippen LogP contribution in [0.15, 0.2) is 66.7 Å². The van der Waals surface area contributed by atoms with Crippen LogP contribution in [-0.4, -0.2) is 44.6 Å². The van der Waals surface area contributed by atoms with Gasteiger partial charge in [0.05, 0.1) is 21.4 Å². The summed E-state index contributed by atoms with van der Waals surface area (Å²) in [5, 5.41) is 2.98. The average Bonchev–Trinajstić information content (AvgIpc) is 2.97. The third-order valence-electron chi connectivity index (χ3n) is 6.28. The second-order valence-electron chi connectivity index (χ2n) is 9.80. The molecule has 0 saturated carbocycles. The number of para-hydroxylation sites is 1. The van der Waals surface area contributed by atoms with Gasteiger partial charge in [-0.3, -0.25) is 14.5 Å². The number of amides is 3. The van der Waals surface area contributed by atoms with Gasteiger partial charge in [-0.05, 0) is 48.7 Å². The minimum Gasteiger partial charge on any atom is -0.410 e. The van der Waals surface area contributed by atoms with Crippen LogP contribution in [0.1, 0.15) is 20.3 Å². The molecule has 0 spiro atoms. The van der Waals surface area contributed by atoms with Crippen LogP contribution >= 0.6 is 23.2 Å². The molecule has 3 amide bonds. The predicted molar refractivity (Wildman–Crippen MR) is 156 cm³/mol. The summed E-state index contributed by atoms with van der Waals surface area (Å²) in [5.41, 5.74) is 2.12. The number of ether oxygens (including phenoxy) is 1. The van der Waals surface area contributed by atoms with E-state index in [0.29, 0.717) is 30.0 Å². The average molecular weight is 569 g/mol. The molecule has 1 atom stereocenters. The van der Waals surface area contributed by atoms with Gasteiger partial charge < -0.3 is 19.9 Å². The first-order chi connectivity index (χ1) is 18.6. The highest BCUT2D eigenvalue weighted by Crippen LogP contribution is 2.42. The van der Waals surface area contributed by atoms with E-state index in [4.69, 9.17) is 27.9 Å². The fourth-order valence-corrected chi connectivity index (χ4v) is 4.53. The van der Waals surface area contributed by atoms with Crippen molar-refractivity contribution >= 4 is 63.9 Å². The Hall–Kier alpha value is -3.75. The van der Waals surface area contributed by atoms with Crippen molar-refractivity contribution in [2.45, 2.75) is 26.3 Å². The molecule has 4 rings (SSSR count). The molecule has 0 aromatic heterocycles. The number of anilines is 4. The number of halogens is 2. The molecular formula is C29H30Cl2N4O4. The third kappa shape index (κ3) is 6.29. The number of rotatable bonds is 7. The minimum atomic E-state index is -1.56. The van der Waals surface area contributed by atoms with Crippen molar-refractivity contribution in [2.75, 3.05) is 35.3 Å². The first-order valence-electron chi connectivity index (χ1n) is 12.5. The van der Waals surface area contributed by atoms with Crippen molar-refractivity contribution < 1.29 is 19.1 Å². The number of hydrogen-bond donors (Lipinski definition) is 1. The Labute approximate surface area is 238 Å². The summed E-state index contributed by atoms with van der Waals surface area (Å²) < 4.78 is 5.47. The summed E-state index contributed by atoms with van der Waals surface area (Å²) in [6, 6.07) is 17.3. The standard InChI is InChI=1S/C29H30Cl2N4O4/c1-18(2)13-14-34-24-16-22(30)23(31)17-25(24)35(19-9-6-5-7-10-19)28(37)26(27(34)36)32-29(38)39-21-12-8-11-20(15-21)33(3)4/h5-12,15-18,26H,13-14H2,1-4H3,(H,32,38). The van der Waals surface area contributed by atoms with Gasteiger partial charge in [0.1, 0.15) is 5.75 Å². The Balaban J connectivity index is 1.76. The number of fused-ring (bicyclic) bond motifs is 1. The Morgan fingerprint density at radius 2 is 1.62 bits per heavy atom. The lowest BCUT2D eigenvalue weighted by molar-refractivity contribution is -0.128. The minimum absolute atomic E-state index is 0.229. The highest BCUT2D eigenvalue weighted by atomic mass is 35.5. The molecule has 204 valence electrons. The van der Waals surface area contributed by atoms with E-state index >= 15 is 0 Å². The molecule has 0 fully saturated rings. The smallest absolute Gasteiger partial charge is 0.410 e. The first-order valence-corrected chi connectivity index (χ1v) is 13.3. The lowest BCUT2D eigenvalue weighted by Crippen LogP contribution is -2.55. The number of hydrogen-bond acceptors (Lipinski definition) is 5. The van der Waals surface area contributed by atoms with Crippen LogP contribution in [0, 0.1) is 5.92 Å². The SMILES string of the molecule is CC(C)CCN1C(=O)C(NC(=O)Oc2cccc(N(C)C)c2)C(=O)N(c2ccccc2)c2cc(Cl)c(Cl)cc21. The van der Waals surface area contributed by atoms with Gasteiger partial charge in [0.2, 0.25) is 0 Å². The summed E-state index contributed by atoms with van der Waals surface area (Å²) in [6.45, 7) is 4.37. The van der Waals surface area contributed by atoms with Crippen LogP contribution in [0.5, 0.6) is 5.75 Å². The second kappa shape index (κ2) is 12.0. The van der Waals surface area contributed by atoms with Crippen molar-refractivity contribution in [3.8, 4) is 5.75 Å². The molecule has 0 bridgehead atoms. The van der Waals surface area contributed by atoms with Crippen LogP contribution < -0.4 is 24.8 Å². The Kier molecular flexibility index (Phi) is 8.67. The van der Waals surface area contributed by atoms with Crippen LogP contribution in [0.2, 0.25) is 10.0 Å². The molecule has 3 aromatic carbocycles. The molecule has 0 radical (unpaired) electrons. The maximum atomic E-state index is 14.1.